The van der Waals surface area contributed by atoms with Crippen molar-refractivity contribution in [3.63, 3.8) is 0 Å². The molecule has 98 valence electrons. The minimum Gasteiger partial charge on any atom is -0.338 e. The Kier molecular flexibility index (Phi) is 4.61. The van der Waals surface area contributed by atoms with Crippen LogP contribution in [0, 0.1) is 0 Å². The van der Waals surface area contributed by atoms with E-state index in [-0.39, 0.29) is 11.9 Å². The number of halogens is 1. The first kappa shape index (κ1) is 13.4. The molecule has 18 heavy (non-hydrogen) atoms. The van der Waals surface area contributed by atoms with Crippen molar-refractivity contribution < 1.29 is 4.79 Å². The molecule has 2 N–H and O–H groups in total. The van der Waals surface area contributed by atoms with Crippen LogP contribution in [0.2, 0.25) is 5.02 Å². The van der Waals surface area contributed by atoms with Crippen molar-refractivity contribution in [1.82, 2.24) is 4.90 Å². The molecule has 0 radical (unpaired) electrons. The lowest BCUT2D eigenvalue weighted by molar-refractivity contribution is -0.131. The predicted molar refractivity (Wildman–Crippen MR) is 73.6 cm³/mol. The zero-order chi connectivity index (χ0) is 13.0. The Bertz CT molecular complexity index is 422. The molecule has 1 saturated heterocycles. The van der Waals surface area contributed by atoms with Crippen molar-refractivity contribution in [2.45, 2.75) is 31.7 Å². The van der Waals surface area contributed by atoms with Crippen molar-refractivity contribution in [2.24, 2.45) is 5.73 Å². The molecule has 2 rings (SSSR count). The van der Waals surface area contributed by atoms with Gasteiger partial charge in [0.05, 0.1) is 0 Å². The average molecular weight is 267 g/mol. The Morgan fingerprint density at radius 2 is 2.22 bits per heavy atom. The van der Waals surface area contributed by atoms with Crippen LogP contribution in [-0.2, 0) is 11.2 Å². The Balaban J connectivity index is 1.90. The second kappa shape index (κ2) is 6.21. The quantitative estimate of drug-likeness (QED) is 0.908. The third-order valence-corrected chi connectivity index (χ3v) is 3.90. The molecular formula is C14H19ClN2O. The summed E-state index contributed by atoms with van der Waals surface area (Å²) in [6.07, 6.45) is 3.32. The highest BCUT2D eigenvalue weighted by Crippen LogP contribution is 2.20. The Hall–Kier alpha value is -1.06. The first-order valence-electron chi connectivity index (χ1n) is 6.45. The summed E-state index contributed by atoms with van der Waals surface area (Å²) in [6, 6.07) is 7.92. The van der Waals surface area contributed by atoms with Gasteiger partial charge < -0.3 is 10.6 Å². The maximum Gasteiger partial charge on any atom is 0.223 e. The number of nitrogens with zero attached hydrogens (tertiary/aromatic N) is 1. The topological polar surface area (TPSA) is 46.3 Å². The number of benzene rings is 1. The number of hydrogen-bond acceptors (Lipinski definition) is 2. The molecule has 1 atom stereocenters. The summed E-state index contributed by atoms with van der Waals surface area (Å²) < 4.78 is 0. The van der Waals surface area contributed by atoms with Gasteiger partial charge in [-0.25, -0.2) is 0 Å². The van der Waals surface area contributed by atoms with Crippen molar-refractivity contribution in [2.75, 3.05) is 13.1 Å². The summed E-state index contributed by atoms with van der Waals surface area (Å²) in [5.74, 6) is 0.197. The second-order valence-corrected chi connectivity index (χ2v) is 5.12. The number of aryl methyl sites for hydroxylation is 1. The van der Waals surface area contributed by atoms with Gasteiger partial charge in [-0.15, -0.1) is 0 Å². The maximum absolute atomic E-state index is 12.1. The molecule has 0 aromatic heterocycles. The molecule has 4 heteroatoms. The van der Waals surface area contributed by atoms with Gasteiger partial charge in [0.25, 0.3) is 0 Å². The third kappa shape index (κ3) is 3.03. The number of carbonyl (C=O) groups is 1. The maximum atomic E-state index is 12.1. The lowest BCUT2D eigenvalue weighted by atomic mass is 10.1. The van der Waals surface area contributed by atoms with Crippen molar-refractivity contribution in [1.29, 1.82) is 0 Å². The van der Waals surface area contributed by atoms with Gasteiger partial charge in [0.15, 0.2) is 0 Å². The van der Waals surface area contributed by atoms with E-state index in [1.165, 1.54) is 0 Å². The van der Waals surface area contributed by atoms with Crippen LogP contribution in [0.1, 0.15) is 24.8 Å². The van der Waals surface area contributed by atoms with Crippen molar-refractivity contribution in [3.8, 4) is 0 Å². The highest BCUT2D eigenvalue weighted by molar-refractivity contribution is 6.31. The normalized spacial score (nSPS) is 19.2. The van der Waals surface area contributed by atoms with Crippen LogP contribution in [-0.4, -0.2) is 29.9 Å². The summed E-state index contributed by atoms with van der Waals surface area (Å²) in [4.78, 5) is 14.1. The second-order valence-electron chi connectivity index (χ2n) is 4.71. The predicted octanol–water partition coefficient (Wildman–Crippen LogP) is 2.22. The van der Waals surface area contributed by atoms with E-state index < -0.39 is 0 Å². The smallest absolute Gasteiger partial charge is 0.223 e. The van der Waals surface area contributed by atoms with E-state index in [1.807, 2.05) is 29.2 Å². The van der Waals surface area contributed by atoms with Crippen LogP contribution in [0.5, 0.6) is 0 Å². The van der Waals surface area contributed by atoms with Gasteiger partial charge in [0.2, 0.25) is 5.91 Å². The van der Waals surface area contributed by atoms with Crippen LogP contribution in [0.3, 0.4) is 0 Å². The summed E-state index contributed by atoms with van der Waals surface area (Å²) in [5.41, 5.74) is 6.72. The van der Waals surface area contributed by atoms with Gasteiger partial charge in [-0.1, -0.05) is 29.8 Å². The minimum atomic E-state index is 0.197. The number of rotatable bonds is 4. The molecule has 1 aromatic rings. The van der Waals surface area contributed by atoms with Crippen LogP contribution < -0.4 is 5.73 Å². The van der Waals surface area contributed by atoms with E-state index in [0.717, 1.165) is 30.0 Å². The fourth-order valence-corrected chi connectivity index (χ4v) is 2.73. The summed E-state index contributed by atoms with van der Waals surface area (Å²) in [7, 11) is 0. The minimum absolute atomic E-state index is 0.197. The summed E-state index contributed by atoms with van der Waals surface area (Å²) in [5, 5.41) is 0.738. The molecule has 1 amide bonds. The van der Waals surface area contributed by atoms with E-state index in [1.54, 1.807) is 0 Å². The SMILES string of the molecule is NC[C@H]1CCCN1C(=O)CCc1ccccc1Cl. The molecule has 1 heterocycles. The number of nitrogens with two attached hydrogens (primary N) is 1. The fourth-order valence-electron chi connectivity index (χ4n) is 2.50. The number of amides is 1. The van der Waals surface area contributed by atoms with Crippen LogP contribution in [0.25, 0.3) is 0 Å². The molecule has 0 saturated carbocycles. The largest absolute Gasteiger partial charge is 0.338 e. The Morgan fingerprint density at radius 1 is 1.44 bits per heavy atom. The van der Waals surface area contributed by atoms with Crippen LogP contribution in [0.15, 0.2) is 24.3 Å². The molecule has 1 aliphatic heterocycles. The first-order chi connectivity index (χ1) is 8.72. The highest BCUT2D eigenvalue weighted by Gasteiger charge is 2.26. The molecule has 1 aromatic carbocycles. The molecule has 3 nitrogen and oxygen atoms in total. The van der Waals surface area contributed by atoms with E-state index in [0.29, 0.717) is 19.4 Å². The molecule has 0 spiro atoms. The van der Waals surface area contributed by atoms with E-state index in [9.17, 15) is 4.79 Å². The van der Waals surface area contributed by atoms with E-state index in [4.69, 9.17) is 17.3 Å². The zero-order valence-electron chi connectivity index (χ0n) is 10.4. The highest BCUT2D eigenvalue weighted by atomic mass is 35.5. The zero-order valence-corrected chi connectivity index (χ0v) is 11.2. The van der Waals surface area contributed by atoms with Gasteiger partial charge in [-0.05, 0) is 30.9 Å². The molecule has 1 aliphatic rings. The summed E-state index contributed by atoms with van der Waals surface area (Å²) >= 11 is 6.08. The van der Waals surface area contributed by atoms with E-state index >= 15 is 0 Å². The monoisotopic (exact) mass is 266 g/mol. The molecule has 0 bridgehead atoms. The van der Waals surface area contributed by atoms with E-state index in [2.05, 4.69) is 0 Å². The lowest BCUT2D eigenvalue weighted by Crippen LogP contribution is -2.40. The number of hydrogen-bond donors (Lipinski definition) is 1. The number of likely N-dealkylation sites (tertiary alicyclic amines) is 1. The lowest BCUT2D eigenvalue weighted by Gasteiger charge is -2.23. The van der Waals surface area contributed by atoms with Crippen molar-refractivity contribution in [3.05, 3.63) is 34.9 Å². The molecule has 0 aliphatic carbocycles. The average Bonchev–Trinajstić information content (AvgIpc) is 2.86. The standard InChI is InChI=1S/C14H19ClN2O/c15-13-6-2-1-4-11(13)7-8-14(18)17-9-3-5-12(17)10-16/h1-2,4,6,12H,3,5,7-10,16H2/t12-/m1/s1. The van der Waals surface area contributed by atoms with Gasteiger partial charge >= 0.3 is 0 Å². The number of carbonyl (C=O) groups excluding carboxylic acids is 1. The van der Waals surface area contributed by atoms with Crippen LogP contribution in [0.4, 0.5) is 0 Å². The van der Waals surface area contributed by atoms with Crippen LogP contribution >= 0.6 is 11.6 Å². The van der Waals surface area contributed by atoms with Gasteiger partial charge in [-0.2, -0.15) is 0 Å². The third-order valence-electron chi connectivity index (χ3n) is 3.54. The molecular weight excluding hydrogens is 248 g/mol. The molecule has 0 unspecified atom stereocenters. The fraction of sp³-hybridized carbons (Fsp3) is 0.500. The Morgan fingerprint density at radius 3 is 2.94 bits per heavy atom. The first-order valence-corrected chi connectivity index (χ1v) is 6.83. The Labute approximate surface area is 113 Å². The van der Waals surface area contributed by atoms with Crippen molar-refractivity contribution >= 4 is 17.5 Å². The molecule has 1 fully saturated rings. The summed E-state index contributed by atoms with van der Waals surface area (Å²) in [6.45, 7) is 1.42. The van der Waals surface area contributed by atoms with Gasteiger partial charge in [0, 0.05) is 30.6 Å². The van der Waals surface area contributed by atoms with Gasteiger partial charge in [0.1, 0.15) is 0 Å². The van der Waals surface area contributed by atoms with Gasteiger partial charge in [-0.3, -0.25) is 4.79 Å².